The summed E-state index contributed by atoms with van der Waals surface area (Å²) in [5.41, 5.74) is 5.35. The number of likely N-dealkylation sites (tertiary alicyclic amines) is 1. The van der Waals surface area contributed by atoms with Crippen LogP contribution in [0.1, 0.15) is 50.7 Å². The summed E-state index contributed by atoms with van der Waals surface area (Å²) in [6, 6.07) is 1.39. The van der Waals surface area contributed by atoms with Gasteiger partial charge in [-0.15, -0.1) is 0 Å². The number of nitrogens with zero attached hydrogens (tertiary/aromatic N) is 1. The largest absolute Gasteiger partial charge is 0.493 e. The number of likely N-dealkylation sites (N-methyl/N-ethyl adjacent to an activating group) is 1. The Morgan fingerprint density at radius 2 is 1.98 bits per heavy atom. The summed E-state index contributed by atoms with van der Waals surface area (Å²) < 4.78 is 23.1. The molecule has 1 amide bonds. The van der Waals surface area contributed by atoms with Crippen molar-refractivity contribution >= 4 is 23.8 Å². The maximum absolute atomic E-state index is 13.1. The number of rotatable bonds is 10. The number of aliphatic hydroxyl groups is 1. The van der Waals surface area contributed by atoms with Crippen LogP contribution in [0.25, 0.3) is 0 Å². The number of carboxylic acid groups (broad SMARTS) is 1. The predicted molar refractivity (Wildman–Crippen MR) is 146 cm³/mol. The molecule has 0 radical (unpaired) electrons. The van der Waals surface area contributed by atoms with Crippen LogP contribution < -0.4 is 20.5 Å². The topological polar surface area (TPSA) is 187 Å². The number of aliphatic carboxylic acids is 1. The van der Waals surface area contributed by atoms with Gasteiger partial charge in [-0.2, -0.15) is 0 Å². The van der Waals surface area contributed by atoms with Gasteiger partial charge in [-0.1, -0.05) is 6.07 Å². The van der Waals surface area contributed by atoms with Gasteiger partial charge < -0.3 is 45.1 Å². The van der Waals surface area contributed by atoms with E-state index in [1.165, 1.54) is 13.8 Å². The SMILES string of the molecule is COc1ccc2c3c1O[C@H]1C(OC(=O)[C@H](C)OC(=O)[C@H](C)NC(=O)CC[C@H](N)C(=O)O)=CC[C@@]4(O)[C@@H](C2)N(C)CC[C@]314. The molecule has 42 heavy (non-hydrogen) atoms. The number of nitrogens with one attached hydrogen (secondary N) is 1. The normalized spacial score (nSPS) is 29.1. The number of amides is 1. The lowest BCUT2D eigenvalue weighted by Gasteiger charge is -2.61. The third kappa shape index (κ3) is 4.59. The summed E-state index contributed by atoms with van der Waals surface area (Å²) in [4.78, 5) is 50.8. The number of methoxy groups -OCH3 is 1. The molecule has 5 rings (SSSR count). The molecule has 13 nitrogen and oxygen atoms in total. The molecule has 1 spiro atoms. The number of hydrogen-bond acceptors (Lipinski definition) is 11. The first-order valence-electron chi connectivity index (χ1n) is 14.0. The van der Waals surface area contributed by atoms with Gasteiger partial charge in [-0.05, 0) is 64.4 Å². The van der Waals surface area contributed by atoms with Crippen molar-refractivity contribution in [1.82, 2.24) is 10.2 Å². The fourth-order valence-corrected chi connectivity index (χ4v) is 6.89. The van der Waals surface area contributed by atoms with Crippen molar-refractivity contribution in [2.24, 2.45) is 5.73 Å². The van der Waals surface area contributed by atoms with Crippen molar-refractivity contribution < 1.29 is 48.3 Å². The molecule has 1 aromatic rings. The van der Waals surface area contributed by atoms with Crippen molar-refractivity contribution in [3.05, 3.63) is 35.1 Å². The second-order valence-corrected chi connectivity index (χ2v) is 11.6. The molecule has 0 saturated carbocycles. The van der Waals surface area contributed by atoms with E-state index in [2.05, 4.69) is 10.2 Å². The zero-order valence-corrected chi connectivity index (χ0v) is 24.0. The van der Waals surface area contributed by atoms with Crippen molar-refractivity contribution in [3.63, 3.8) is 0 Å². The molecule has 2 heterocycles. The first-order chi connectivity index (χ1) is 19.8. The molecular formula is C29H37N3O10. The van der Waals surface area contributed by atoms with E-state index >= 15 is 0 Å². The highest BCUT2D eigenvalue weighted by atomic mass is 16.6. The van der Waals surface area contributed by atoms with Crippen LogP contribution >= 0.6 is 0 Å². The van der Waals surface area contributed by atoms with Crippen LogP contribution in [0.15, 0.2) is 24.0 Å². The monoisotopic (exact) mass is 587 g/mol. The second-order valence-electron chi connectivity index (χ2n) is 11.6. The summed E-state index contributed by atoms with van der Waals surface area (Å²) in [5.74, 6) is -2.21. The molecule has 1 aromatic carbocycles. The zero-order chi connectivity index (χ0) is 30.6. The molecular weight excluding hydrogens is 550 g/mol. The van der Waals surface area contributed by atoms with Gasteiger partial charge in [0.15, 0.2) is 23.7 Å². The molecule has 2 bridgehead atoms. The first kappa shape index (κ1) is 29.8. The number of benzene rings is 1. The van der Waals surface area contributed by atoms with E-state index in [-0.39, 0.29) is 31.1 Å². The van der Waals surface area contributed by atoms with E-state index < -0.39 is 59.1 Å². The number of hydrogen-bond donors (Lipinski definition) is 4. The quantitative estimate of drug-likeness (QED) is 0.272. The molecule has 5 N–H and O–H groups in total. The highest BCUT2D eigenvalue weighted by Crippen LogP contribution is 2.65. The Balaban J connectivity index is 1.29. The Morgan fingerprint density at radius 3 is 2.67 bits per heavy atom. The van der Waals surface area contributed by atoms with E-state index in [9.17, 15) is 24.3 Å². The number of carbonyl (C=O) groups excluding carboxylic acids is 3. The van der Waals surface area contributed by atoms with Crippen LogP contribution in [0.4, 0.5) is 0 Å². The Morgan fingerprint density at radius 1 is 1.24 bits per heavy atom. The molecule has 0 aromatic heterocycles. The average Bonchev–Trinajstić information content (AvgIpc) is 3.30. The summed E-state index contributed by atoms with van der Waals surface area (Å²) in [6.45, 7) is 3.45. The standard InChI is InChI=1S/C29H37N3O10/c1-14(31-21(33)8-6-17(30)25(34)35)26(36)40-15(2)27(37)41-19-9-10-29(38)20-13-16-5-7-18(39-4)23-22(16)28(29,24(19)42-23)11-12-32(20)3/h5,7,9,14-15,17,20,24,38H,6,8,10-13,30H2,1-4H3,(H,31,33)(H,34,35)/t14-,15-,17-,20+,24-,28-,29+/m0/s1. The van der Waals surface area contributed by atoms with Crippen molar-refractivity contribution in [3.8, 4) is 11.5 Å². The van der Waals surface area contributed by atoms with E-state index in [4.69, 9.17) is 29.8 Å². The van der Waals surface area contributed by atoms with Crippen molar-refractivity contribution in [1.29, 1.82) is 0 Å². The number of esters is 2. The van der Waals surface area contributed by atoms with Crippen LogP contribution in [-0.2, 0) is 40.5 Å². The van der Waals surface area contributed by atoms with Gasteiger partial charge >= 0.3 is 17.9 Å². The van der Waals surface area contributed by atoms with Crippen LogP contribution in [0, 0.1) is 0 Å². The lowest BCUT2D eigenvalue weighted by molar-refractivity contribution is -0.176. The fraction of sp³-hybridized carbons (Fsp3) is 0.586. The lowest BCUT2D eigenvalue weighted by Crippen LogP contribution is -2.74. The highest BCUT2D eigenvalue weighted by molar-refractivity contribution is 5.86. The van der Waals surface area contributed by atoms with E-state index in [1.807, 2.05) is 19.2 Å². The average molecular weight is 588 g/mol. The maximum atomic E-state index is 13.1. The molecule has 2 aliphatic carbocycles. The summed E-state index contributed by atoms with van der Waals surface area (Å²) in [6.07, 6.45) is 0.726. The van der Waals surface area contributed by atoms with Gasteiger partial charge in [0, 0.05) is 24.4 Å². The van der Waals surface area contributed by atoms with E-state index in [0.717, 1.165) is 11.1 Å². The number of ether oxygens (including phenoxy) is 4. The third-order valence-electron chi connectivity index (χ3n) is 9.13. The third-order valence-corrected chi connectivity index (χ3v) is 9.13. The van der Waals surface area contributed by atoms with Gasteiger partial charge in [0.2, 0.25) is 5.91 Å². The maximum Gasteiger partial charge on any atom is 0.352 e. The molecule has 13 heteroatoms. The van der Waals surface area contributed by atoms with Gasteiger partial charge in [0.1, 0.15) is 17.8 Å². The highest BCUT2D eigenvalue weighted by Gasteiger charge is 2.72. The summed E-state index contributed by atoms with van der Waals surface area (Å²) in [5, 5.41) is 23.5. The van der Waals surface area contributed by atoms with Crippen LogP contribution in [-0.4, -0.2) is 95.6 Å². The molecule has 4 aliphatic rings. The molecule has 1 saturated heterocycles. The first-order valence-corrected chi connectivity index (χ1v) is 14.0. The Hall–Kier alpha value is -3.68. The minimum atomic E-state index is -1.32. The second kappa shape index (κ2) is 10.9. The van der Waals surface area contributed by atoms with Crippen LogP contribution in [0.5, 0.6) is 11.5 Å². The number of nitrogens with two attached hydrogens (primary N) is 1. The summed E-state index contributed by atoms with van der Waals surface area (Å²) in [7, 11) is 3.55. The lowest BCUT2D eigenvalue weighted by atomic mass is 9.50. The zero-order valence-electron chi connectivity index (χ0n) is 24.0. The number of carboxylic acids is 1. The van der Waals surface area contributed by atoms with Crippen LogP contribution in [0.3, 0.4) is 0 Å². The fourth-order valence-electron chi connectivity index (χ4n) is 6.89. The summed E-state index contributed by atoms with van der Waals surface area (Å²) >= 11 is 0. The van der Waals surface area contributed by atoms with Gasteiger partial charge in [-0.3, -0.25) is 9.59 Å². The number of carbonyl (C=O) groups is 4. The molecule has 0 unspecified atom stereocenters. The minimum Gasteiger partial charge on any atom is -0.493 e. The molecule has 228 valence electrons. The van der Waals surface area contributed by atoms with Crippen molar-refractivity contribution in [2.45, 2.75) is 87.3 Å². The van der Waals surface area contributed by atoms with Crippen LogP contribution in [0.2, 0.25) is 0 Å². The van der Waals surface area contributed by atoms with Gasteiger partial charge in [-0.25, -0.2) is 9.59 Å². The molecule has 2 aliphatic heterocycles. The van der Waals surface area contributed by atoms with Gasteiger partial charge in [0.05, 0.1) is 18.1 Å². The molecule has 7 atom stereocenters. The van der Waals surface area contributed by atoms with Crippen molar-refractivity contribution in [2.75, 3.05) is 20.7 Å². The number of piperidine rings is 1. The van der Waals surface area contributed by atoms with E-state index in [1.54, 1.807) is 13.2 Å². The Kier molecular flexibility index (Phi) is 7.71. The van der Waals surface area contributed by atoms with E-state index in [0.29, 0.717) is 30.9 Å². The Labute approximate surface area is 242 Å². The predicted octanol–water partition coefficient (Wildman–Crippen LogP) is 0.145. The minimum absolute atomic E-state index is 0.102. The smallest absolute Gasteiger partial charge is 0.352 e. The van der Waals surface area contributed by atoms with Gasteiger partial charge in [0.25, 0.3) is 0 Å². The Bertz CT molecular complexity index is 1350. The molecule has 1 fully saturated rings.